The predicted molar refractivity (Wildman–Crippen MR) is 113 cm³/mol. The van der Waals surface area contributed by atoms with Crippen molar-refractivity contribution in [3.05, 3.63) is 82.9 Å². The van der Waals surface area contributed by atoms with Crippen LogP contribution in [0.15, 0.2) is 66.9 Å². The normalized spacial score (nSPS) is 15.4. The van der Waals surface area contributed by atoms with Crippen molar-refractivity contribution in [2.45, 2.75) is 18.9 Å². The number of hydrogen-bond donors (Lipinski definition) is 2. The highest BCUT2D eigenvalue weighted by Gasteiger charge is 2.24. The van der Waals surface area contributed by atoms with Crippen LogP contribution in [0.2, 0.25) is 0 Å². The van der Waals surface area contributed by atoms with Crippen LogP contribution in [0.3, 0.4) is 0 Å². The quantitative estimate of drug-likeness (QED) is 0.621. The topological polar surface area (TPSA) is 53.1 Å². The van der Waals surface area contributed by atoms with Crippen molar-refractivity contribution in [3.8, 4) is 5.69 Å². The molecule has 1 fully saturated rings. The molecule has 1 amide bonds. The Labute approximate surface area is 170 Å². The van der Waals surface area contributed by atoms with Gasteiger partial charge in [0.25, 0.3) is 5.91 Å². The summed E-state index contributed by atoms with van der Waals surface area (Å²) in [7, 11) is 0. The molecule has 0 radical (unpaired) electrons. The second-order valence-electron chi connectivity index (χ2n) is 7.03. The Morgan fingerprint density at radius 1 is 1.04 bits per heavy atom. The fraction of sp³-hybridized carbons (Fsp3) is 0.273. The molecule has 6 heteroatoms. The number of para-hydroxylation sites is 1. The molecule has 0 spiro atoms. The summed E-state index contributed by atoms with van der Waals surface area (Å²) in [6, 6.07) is 20.3. The second-order valence-corrected chi connectivity index (χ2v) is 7.42. The molecule has 1 aliphatic rings. The first kappa shape index (κ1) is 18.7. The van der Waals surface area contributed by atoms with Crippen molar-refractivity contribution < 1.29 is 4.79 Å². The molecular formula is C22H24N4OS. The summed E-state index contributed by atoms with van der Waals surface area (Å²) in [6.07, 6.45) is 4.10. The van der Waals surface area contributed by atoms with E-state index in [1.165, 1.54) is 18.4 Å². The van der Waals surface area contributed by atoms with Crippen molar-refractivity contribution in [2.24, 2.45) is 0 Å². The summed E-state index contributed by atoms with van der Waals surface area (Å²) in [5.74, 6) is -0.128. The maximum Gasteiger partial charge on any atom is 0.269 e. The van der Waals surface area contributed by atoms with Gasteiger partial charge >= 0.3 is 0 Å². The lowest BCUT2D eigenvalue weighted by molar-refractivity contribution is 0.0931. The number of rotatable bonds is 6. The first-order chi connectivity index (χ1) is 13.7. The molecule has 4 rings (SSSR count). The Kier molecular flexibility index (Phi) is 5.69. The van der Waals surface area contributed by atoms with Crippen molar-refractivity contribution in [1.29, 1.82) is 0 Å². The van der Waals surface area contributed by atoms with E-state index in [9.17, 15) is 4.79 Å². The summed E-state index contributed by atoms with van der Waals surface area (Å²) < 4.78 is 2.29. The highest BCUT2D eigenvalue weighted by Crippen LogP contribution is 2.24. The molecule has 28 heavy (non-hydrogen) atoms. The van der Waals surface area contributed by atoms with Gasteiger partial charge in [-0.05, 0) is 55.8 Å². The van der Waals surface area contributed by atoms with Crippen LogP contribution in [0.25, 0.3) is 5.69 Å². The van der Waals surface area contributed by atoms with Gasteiger partial charge in [-0.3, -0.25) is 14.3 Å². The number of likely N-dealkylation sites (tertiary alicyclic amines) is 1. The largest absolute Gasteiger partial charge is 0.349 e. The minimum absolute atomic E-state index is 0.128. The maximum atomic E-state index is 13.0. The number of imidazole rings is 1. The third-order valence-corrected chi connectivity index (χ3v) is 5.55. The van der Waals surface area contributed by atoms with Gasteiger partial charge in [0, 0.05) is 18.4 Å². The fourth-order valence-corrected chi connectivity index (χ4v) is 4.10. The van der Waals surface area contributed by atoms with Crippen molar-refractivity contribution in [2.75, 3.05) is 19.6 Å². The van der Waals surface area contributed by atoms with Crippen LogP contribution in [0.1, 0.15) is 34.9 Å². The number of aromatic amines is 1. The molecule has 2 heterocycles. The van der Waals surface area contributed by atoms with Crippen LogP contribution in [-0.4, -0.2) is 40.0 Å². The smallest absolute Gasteiger partial charge is 0.269 e. The standard InChI is InChI=1S/C22H24N4OS/c27-21(20-16-24-22(28)26(20)18-11-5-2-6-12-18)23-15-19(25-13-7-8-14-25)17-9-3-1-4-10-17/h1-6,9-12,16,19H,7-8,13-15H2,(H,23,27)(H,24,28). The molecule has 1 aromatic heterocycles. The summed E-state index contributed by atoms with van der Waals surface area (Å²) >= 11 is 5.39. The number of hydrogen-bond acceptors (Lipinski definition) is 3. The summed E-state index contributed by atoms with van der Waals surface area (Å²) in [6.45, 7) is 2.70. The van der Waals surface area contributed by atoms with E-state index in [2.05, 4.69) is 39.5 Å². The van der Waals surface area contributed by atoms with Crippen LogP contribution in [-0.2, 0) is 0 Å². The highest BCUT2D eigenvalue weighted by atomic mass is 32.1. The SMILES string of the molecule is O=C(NCC(c1ccccc1)N1CCCC1)c1c[nH]c(=S)n1-c1ccccc1. The van der Waals surface area contributed by atoms with Crippen molar-refractivity contribution >= 4 is 18.1 Å². The van der Waals surface area contributed by atoms with E-state index in [0.29, 0.717) is 17.0 Å². The Morgan fingerprint density at radius 2 is 1.68 bits per heavy atom. The van der Waals surface area contributed by atoms with Gasteiger partial charge < -0.3 is 10.3 Å². The molecule has 5 nitrogen and oxygen atoms in total. The summed E-state index contributed by atoms with van der Waals surface area (Å²) in [4.78, 5) is 18.4. The third-order valence-electron chi connectivity index (χ3n) is 5.25. The molecule has 0 bridgehead atoms. The van der Waals surface area contributed by atoms with Crippen LogP contribution in [0, 0.1) is 4.77 Å². The molecule has 3 aromatic rings. The van der Waals surface area contributed by atoms with E-state index < -0.39 is 0 Å². The number of amides is 1. The third kappa shape index (κ3) is 3.93. The molecule has 2 aromatic carbocycles. The Bertz CT molecular complexity index is 975. The molecule has 2 N–H and O–H groups in total. The van der Waals surface area contributed by atoms with Crippen molar-refractivity contribution in [3.63, 3.8) is 0 Å². The Balaban J connectivity index is 1.54. The van der Waals surface area contributed by atoms with Gasteiger partial charge in [0.1, 0.15) is 5.69 Å². The molecule has 1 atom stereocenters. The maximum absolute atomic E-state index is 13.0. The first-order valence-electron chi connectivity index (χ1n) is 9.67. The van der Waals surface area contributed by atoms with E-state index >= 15 is 0 Å². The van der Waals surface area contributed by atoms with Gasteiger partial charge in [-0.25, -0.2) is 0 Å². The minimum Gasteiger partial charge on any atom is -0.349 e. The zero-order valence-corrected chi connectivity index (χ0v) is 16.5. The fourth-order valence-electron chi connectivity index (χ4n) is 3.84. The highest BCUT2D eigenvalue weighted by molar-refractivity contribution is 7.71. The molecule has 144 valence electrons. The average Bonchev–Trinajstić information content (AvgIpc) is 3.39. The minimum atomic E-state index is -0.128. The molecule has 1 unspecified atom stereocenters. The van der Waals surface area contributed by atoms with E-state index in [1.54, 1.807) is 10.8 Å². The average molecular weight is 393 g/mol. The lowest BCUT2D eigenvalue weighted by Crippen LogP contribution is -2.37. The lowest BCUT2D eigenvalue weighted by atomic mass is 10.1. The molecule has 0 saturated carbocycles. The van der Waals surface area contributed by atoms with Gasteiger partial charge in [-0.1, -0.05) is 48.5 Å². The summed E-state index contributed by atoms with van der Waals surface area (Å²) in [5, 5.41) is 3.13. The van der Waals surface area contributed by atoms with E-state index in [0.717, 1.165) is 18.8 Å². The molecule has 1 aliphatic heterocycles. The van der Waals surface area contributed by atoms with E-state index in [1.807, 2.05) is 36.4 Å². The number of carbonyl (C=O) groups excluding carboxylic acids is 1. The van der Waals surface area contributed by atoms with Gasteiger partial charge in [0.2, 0.25) is 0 Å². The van der Waals surface area contributed by atoms with Crippen LogP contribution < -0.4 is 5.32 Å². The Morgan fingerprint density at radius 3 is 2.36 bits per heavy atom. The predicted octanol–water partition coefficient (Wildman–Crippen LogP) is 4.10. The number of nitrogens with zero attached hydrogens (tertiary/aromatic N) is 2. The zero-order valence-electron chi connectivity index (χ0n) is 15.7. The molecule has 1 saturated heterocycles. The monoisotopic (exact) mass is 392 g/mol. The van der Waals surface area contributed by atoms with E-state index in [-0.39, 0.29) is 11.9 Å². The van der Waals surface area contributed by atoms with Gasteiger partial charge in [0.05, 0.1) is 6.04 Å². The van der Waals surface area contributed by atoms with Gasteiger partial charge in [0.15, 0.2) is 4.77 Å². The number of aromatic nitrogens is 2. The summed E-state index contributed by atoms with van der Waals surface area (Å²) in [5.41, 5.74) is 2.63. The molecule has 0 aliphatic carbocycles. The zero-order chi connectivity index (χ0) is 19.3. The number of H-pyrrole nitrogens is 1. The second kappa shape index (κ2) is 8.54. The van der Waals surface area contributed by atoms with E-state index in [4.69, 9.17) is 12.2 Å². The Hall–Kier alpha value is -2.70. The lowest BCUT2D eigenvalue weighted by Gasteiger charge is -2.28. The van der Waals surface area contributed by atoms with Gasteiger partial charge in [-0.15, -0.1) is 0 Å². The van der Waals surface area contributed by atoms with Crippen molar-refractivity contribution in [1.82, 2.24) is 19.8 Å². The number of nitrogens with one attached hydrogen (secondary N) is 2. The van der Waals surface area contributed by atoms with Gasteiger partial charge in [-0.2, -0.15) is 0 Å². The van der Waals surface area contributed by atoms with Crippen LogP contribution in [0.4, 0.5) is 0 Å². The molecular weight excluding hydrogens is 368 g/mol. The number of benzene rings is 2. The first-order valence-corrected chi connectivity index (χ1v) is 10.1. The van der Waals surface area contributed by atoms with Crippen LogP contribution in [0.5, 0.6) is 0 Å². The number of carbonyl (C=O) groups is 1. The van der Waals surface area contributed by atoms with Crippen LogP contribution >= 0.6 is 12.2 Å².